The van der Waals surface area contributed by atoms with E-state index in [9.17, 15) is 14.0 Å². The van der Waals surface area contributed by atoms with Gasteiger partial charge in [-0.3, -0.25) is 9.59 Å². The van der Waals surface area contributed by atoms with Crippen LogP contribution in [0.2, 0.25) is 10.0 Å². The zero-order valence-electron chi connectivity index (χ0n) is 12.8. The van der Waals surface area contributed by atoms with Crippen LogP contribution in [-0.2, 0) is 9.59 Å². The fraction of sp³-hybridized carbons (Fsp3) is 0.176. The molecule has 2 aromatic carbocycles. The molecule has 0 bridgehead atoms. The molecule has 0 aromatic heterocycles. The number of benzene rings is 2. The van der Waals surface area contributed by atoms with Crippen LogP contribution < -0.4 is 10.6 Å². The predicted octanol–water partition coefficient (Wildman–Crippen LogP) is 4.34. The maximum absolute atomic E-state index is 13.1. The smallest absolute Gasteiger partial charge is 0.226 e. The average molecular weight is 369 g/mol. The molecule has 1 unspecified atom stereocenters. The number of rotatable bonds is 5. The standard InChI is InChI=1S/C17H15Cl2FN2O2/c1-10(23)21-16(11-3-2-4-12(18)7-11)9-17(24)22-13-5-6-15(20)14(19)8-13/h2-8,16H,9H2,1H3,(H,21,23)(H,22,24). The third kappa shape index (κ3) is 5.22. The number of carbonyl (C=O) groups is 2. The summed E-state index contributed by atoms with van der Waals surface area (Å²) in [7, 11) is 0. The van der Waals surface area contributed by atoms with E-state index < -0.39 is 11.9 Å². The van der Waals surface area contributed by atoms with E-state index in [-0.39, 0.29) is 23.3 Å². The summed E-state index contributed by atoms with van der Waals surface area (Å²) in [6.45, 7) is 1.37. The van der Waals surface area contributed by atoms with Crippen molar-refractivity contribution in [2.45, 2.75) is 19.4 Å². The van der Waals surface area contributed by atoms with Crippen molar-refractivity contribution in [3.8, 4) is 0 Å². The van der Waals surface area contributed by atoms with Gasteiger partial charge in [0.2, 0.25) is 11.8 Å². The zero-order valence-corrected chi connectivity index (χ0v) is 14.3. The highest BCUT2D eigenvalue weighted by Gasteiger charge is 2.18. The van der Waals surface area contributed by atoms with Crippen LogP contribution in [0.4, 0.5) is 10.1 Å². The lowest BCUT2D eigenvalue weighted by molar-refractivity contribution is -0.120. The van der Waals surface area contributed by atoms with Crippen LogP contribution in [0, 0.1) is 5.82 Å². The Morgan fingerprint density at radius 1 is 1.17 bits per heavy atom. The van der Waals surface area contributed by atoms with Gasteiger partial charge in [-0.25, -0.2) is 4.39 Å². The lowest BCUT2D eigenvalue weighted by Crippen LogP contribution is -2.29. The summed E-state index contributed by atoms with van der Waals surface area (Å²) in [5.74, 6) is -1.18. The molecular weight excluding hydrogens is 354 g/mol. The Bertz CT molecular complexity index is 768. The normalized spacial score (nSPS) is 11.7. The molecule has 0 fully saturated rings. The van der Waals surface area contributed by atoms with Gasteiger partial charge in [-0.1, -0.05) is 35.3 Å². The van der Waals surface area contributed by atoms with E-state index in [0.717, 1.165) is 0 Å². The molecule has 0 saturated carbocycles. The first-order valence-corrected chi connectivity index (χ1v) is 7.88. The first-order chi connectivity index (χ1) is 11.3. The number of anilines is 1. The van der Waals surface area contributed by atoms with E-state index in [4.69, 9.17) is 23.2 Å². The summed E-state index contributed by atoms with van der Waals surface area (Å²) in [6.07, 6.45) is -0.00504. The molecule has 0 aliphatic heterocycles. The van der Waals surface area contributed by atoms with Crippen LogP contribution in [0.25, 0.3) is 0 Å². The molecule has 0 spiro atoms. The van der Waals surface area contributed by atoms with E-state index in [1.165, 1.54) is 25.1 Å². The Balaban J connectivity index is 2.12. The van der Waals surface area contributed by atoms with Gasteiger partial charge in [0.15, 0.2) is 0 Å². The van der Waals surface area contributed by atoms with E-state index in [0.29, 0.717) is 16.3 Å². The largest absolute Gasteiger partial charge is 0.349 e. The van der Waals surface area contributed by atoms with Crippen molar-refractivity contribution < 1.29 is 14.0 Å². The minimum atomic E-state index is -0.565. The molecule has 7 heteroatoms. The summed E-state index contributed by atoms with van der Waals surface area (Å²) >= 11 is 11.6. The van der Waals surface area contributed by atoms with Crippen LogP contribution in [-0.4, -0.2) is 11.8 Å². The Morgan fingerprint density at radius 2 is 1.92 bits per heavy atom. The molecule has 4 nitrogen and oxygen atoms in total. The number of nitrogens with one attached hydrogen (secondary N) is 2. The average Bonchev–Trinajstić information content (AvgIpc) is 2.50. The van der Waals surface area contributed by atoms with Crippen molar-refractivity contribution in [1.29, 1.82) is 0 Å². The summed E-state index contributed by atoms with van der Waals surface area (Å²) in [6, 6.07) is 10.3. The van der Waals surface area contributed by atoms with E-state index >= 15 is 0 Å². The van der Waals surface area contributed by atoms with Crippen LogP contribution in [0.1, 0.15) is 24.9 Å². The Kier molecular flexibility index (Phi) is 6.17. The Hall–Kier alpha value is -2.11. The van der Waals surface area contributed by atoms with Gasteiger partial charge in [-0.2, -0.15) is 0 Å². The topological polar surface area (TPSA) is 58.2 Å². The van der Waals surface area contributed by atoms with Crippen molar-refractivity contribution in [2.75, 3.05) is 5.32 Å². The van der Waals surface area contributed by atoms with Gasteiger partial charge in [-0.05, 0) is 35.9 Å². The lowest BCUT2D eigenvalue weighted by Gasteiger charge is -2.18. The monoisotopic (exact) mass is 368 g/mol. The number of hydrogen-bond acceptors (Lipinski definition) is 2. The van der Waals surface area contributed by atoms with Crippen molar-refractivity contribution in [3.63, 3.8) is 0 Å². The first kappa shape index (κ1) is 18.2. The van der Waals surface area contributed by atoms with Gasteiger partial charge >= 0.3 is 0 Å². The van der Waals surface area contributed by atoms with E-state index in [1.54, 1.807) is 24.3 Å². The molecule has 0 aliphatic carbocycles. The van der Waals surface area contributed by atoms with Crippen LogP contribution in [0.5, 0.6) is 0 Å². The summed E-state index contributed by atoms with van der Waals surface area (Å²) < 4.78 is 13.1. The minimum absolute atomic E-state index is 0.00504. The van der Waals surface area contributed by atoms with Crippen molar-refractivity contribution in [3.05, 3.63) is 63.9 Å². The molecule has 2 rings (SSSR count). The van der Waals surface area contributed by atoms with Gasteiger partial charge < -0.3 is 10.6 Å². The molecule has 0 radical (unpaired) electrons. The van der Waals surface area contributed by atoms with Crippen molar-refractivity contribution in [1.82, 2.24) is 5.32 Å². The molecule has 0 aliphatic rings. The third-order valence-corrected chi connectivity index (χ3v) is 3.75. The maximum Gasteiger partial charge on any atom is 0.226 e. The summed E-state index contributed by atoms with van der Waals surface area (Å²) in [4.78, 5) is 23.6. The van der Waals surface area contributed by atoms with Crippen LogP contribution in [0.15, 0.2) is 42.5 Å². The summed E-state index contributed by atoms with van der Waals surface area (Å²) in [5, 5.41) is 5.77. The molecular formula is C17H15Cl2FN2O2. The third-order valence-electron chi connectivity index (χ3n) is 3.22. The maximum atomic E-state index is 13.1. The van der Waals surface area contributed by atoms with Crippen LogP contribution in [0.3, 0.4) is 0 Å². The van der Waals surface area contributed by atoms with Gasteiger partial charge in [0.25, 0.3) is 0 Å². The number of hydrogen-bond donors (Lipinski definition) is 2. The highest BCUT2D eigenvalue weighted by Crippen LogP contribution is 2.23. The fourth-order valence-electron chi connectivity index (χ4n) is 2.19. The highest BCUT2D eigenvalue weighted by atomic mass is 35.5. The van der Waals surface area contributed by atoms with Gasteiger partial charge in [0.05, 0.1) is 17.5 Å². The second-order valence-corrected chi connectivity index (χ2v) is 6.03. The number of amides is 2. The zero-order chi connectivity index (χ0) is 17.7. The van der Waals surface area contributed by atoms with Crippen LogP contribution >= 0.6 is 23.2 Å². The van der Waals surface area contributed by atoms with Gasteiger partial charge in [-0.15, -0.1) is 0 Å². The first-order valence-electron chi connectivity index (χ1n) is 7.12. The van der Waals surface area contributed by atoms with Crippen molar-refractivity contribution >= 4 is 40.7 Å². The SMILES string of the molecule is CC(=O)NC(CC(=O)Nc1ccc(F)c(Cl)c1)c1cccc(Cl)c1. The minimum Gasteiger partial charge on any atom is -0.349 e. The van der Waals surface area contributed by atoms with Gasteiger partial charge in [0.1, 0.15) is 5.82 Å². The molecule has 2 N–H and O–H groups in total. The summed E-state index contributed by atoms with van der Waals surface area (Å²) in [5.41, 5.74) is 1.09. The molecule has 0 saturated heterocycles. The second kappa shape index (κ2) is 8.13. The quantitative estimate of drug-likeness (QED) is 0.824. The molecule has 0 heterocycles. The number of halogens is 3. The highest BCUT2D eigenvalue weighted by molar-refractivity contribution is 6.31. The Labute approximate surface area is 149 Å². The molecule has 2 amide bonds. The Morgan fingerprint density at radius 3 is 2.54 bits per heavy atom. The lowest BCUT2D eigenvalue weighted by atomic mass is 10.0. The van der Waals surface area contributed by atoms with Crippen molar-refractivity contribution in [2.24, 2.45) is 0 Å². The predicted molar refractivity (Wildman–Crippen MR) is 92.7 cm³/mol. The second-order valence-electron chi connectivity index (χ2n) is 5.19. The van der Waals surface area contributed by atoms with Gasteiger partial charge in [0, 0.05) is 17.6 Å². The number of carbonyl (C=O) groups excluding carboxylic acids is 2. The van der Waals surface area contributed by atoms with E-state index in [1.807, 2.05) is 0 Å². The van der Waals surface area contributed by atoms with E-state index in [2.05, 4.69) is 10.6 Å². The molecule has 1 atom stereocenters. The molecule has 2 aromatic rings. The molecule has 126 valence electrons. The fourth-order valence-corrected chi connectivity index (χ4v) is 2.57. The molecule has 24 heavy (non-hydrogen) atoms.